The summed E-state index contributed by atoms with van der Waals surface area (Å²) in [4.78, 5) is 14.7. The van der Waals surface area contributed by atoms with Crippen LogP contribution in [0.3, 0.4) is 0 Å². The summed E-state index contributed by atoms with van der Waals surface area (Å²) in [7, 11) is -0.828. The molecule has 0 radical (unpaired) electrons. The summed E-state index contributed by atoms with van der Waals surface area (Å²) in [5.41, 5.74) is 0.270. The minimum Gasteiger partial charge on any atom is -0.496 e. The number of piperidine rings is 1. The third-order valence-corrected chi connectivity index (χ3v) is 6.51. The summed E-state index contributed by atoms with van der Waals surface area (Å²) >= 11 is 0. The zero-order valence-electron chi connectivity index (χ0n) is 15.6. The molecule has 2 heterocycles. The average molecular weight is 392 g/mol. The van der Waals surface area contributed by atoms with E-state index in [-0.39, 0.29) is 22.9 Å². The number of nitrogens with zero attached hydrogens (tertiary/aromatic N) is 2. The number of hydrogen-bond donors (Lipinski definition) is 0. The lowest BCUT2D eigenvalue weighted by Crippen LogP contribution is -2.36. The first-order valence-corrected chi connectivity index (χ1v) is 10.3. The van der Waals surface area contributed by atoms with Gasteiger partial charge in [0.2, 0.25) is 10.0 Å². The van der Waals surface area contributed by atoms with E-state index in [9.17, 15) is 13.2 Å². The number of rotatable bonds is 6. The summed E-state index contributed by atoms with van der Waals surface area (Å²) in [6.07, 6.45) is 4.52. The second-order valence-electron chi connectivity index (χ2n) is 6.56. The topological polar surface area (TPSA) is 80.1 Å². The molecule has 1 aliphatic heterocycles. The molecule has 0 saturated carbocycles. The smallest absolute Gasteiger partial charge is 0.257 e. The van der Waals surface area contributed by atoms with Gasteiger partial charge in [0.1, 0.15) is 11.5 Å². The highest BCUT2D eigenvalue weighted by Crippen LogP contribution is 2.27. The van der Waals surface area contributed by atoms with Crippen molar-refractivity contribution in [2.45, 2.75) is 30.7 Å². The van der Waals surface area contributed by atoms with E-state index in [1.54, 1.807) is 17.0 Å². The average Bonchev–Trinajstić information content (AvgIpc) is 3.20. The molecule has 2 aromatic rings. The number of hydrogen-bond acceptors (Lipinski definition) is 5. The van der Waals surface area contributed by atoms with Gasteiger partial charge in [-0.15, -0.1) is 0 Å². The van der Waals surface area contributed by atoms with Crippen LogP contribution in [0.5, 0.6) is 5.75 Å². The van der Waals surface area contributed by atoms with Crippen LogP contribution in [0.15, 0.2) is 45.9 Å². The first kappa shape index (κ1) is 19.4. The van der Waals surface area contributed by atoms with E-state index in [1.165, 1.54) is 42.9 Å². The van der Waals surface area contributed by atoms with Crippen molar-refractivity contribution in [3.63, 3.8) is 0 Å². The number of carbonyl (C=O) groups is 1. The minimum absolute atomic E-state index is 0.0534. The van der Waals surface area contributed by atoms with Gasteiger partial charge in [-0.3, -0.25) is 4.79 Å². The Morgan fingerprint density at radius 1 is 1.22 bits per heavy atom. The van der Waals surface area contributed by atoms with Crippen LogP contribution in [0.1, 0.15) is 35.4 Å². The first-order chi connectivity index (χ1) is 12.9. The molecule has 1 fully saturated rings. The Bertz CT molecular complexity index is 887. The zero-order chi connectivity index (χ0) is 19.4. The molecule has 0 N–H and O–H groups in total. The number of benzene rings is 1. The van der Waals surface area contributed by atoms with Crippen molar-refractivity contribution in [1.29, 1.82) is 0 Å². The first-order valence-electron chi connectivity index (χ1n) is 8.89. The molecule has 1 aromatic carbocycles. The molecule has 0 spiro atoms. The quantitative estimate of drug-likeness (QED) is 0.755. The highest BCUT2D eigenvalue weighted by atomic mass is 32.2. The molecule has 0 aliphatic carbocycles. The molecule has 8 heteroatoms. The second kappa shape index (κ2) is 8.14. The molecule has 27 heavy (non-hydrogen) atoms. The van der Waals surface area contributed by atoms with Crippen LogP contribution in [-0.2, 0) is 16.6 Å². The standard InChI is InChI=1S/C19H24N2O5S/c1-20(14-15-7-6-12-26-15)27(23,24)16-8-9-18(25-2)17(13-16)19(22)21-10-4-3-5-11-21/h6-9,12-13H,3-5,10-11,14H2,1-2H3. The van der Waals surface area contributed by atoms with Gasteiger partial charge in [-0.05, 0) is 49.6 Å². The van der Waals surface area contributed by atoms with E-state index in [0.29, 0.717) is 24.6 Å². The van der Waals surface area contributed by atoms with Crippen molar-refractivity contribution in [3.05, 3.63) is 47.9 Å². The SMILES string of the molecule is COc1ccc(S(=O)(=O)N(C)Cc2ccco2)cc1C(=O)N1CCCCC1. The second-order valence-corrected chi connectivity index (χ2v) is 8.60. The van der Waals surface area contributed by atoms with Gasteiger partial charge in [0.25, 0.3) is 5.91 Å². The molecule has 1 saturated heterocycles. The maximum atomic E-state index is 12.9. The summed E-state index contributed by atoms with van der Waals surface area (Å²) in [5.74, 6) is 0.717. The van der Waals surface area contributed by atoms with Crippen molar-refractivity contribution < 1.29 is 22.4 Å². The minimum atomic E-state index is -3.78. The lowest BCUT2D eigenvalue weighted by Gasteiger charge is -2.27. The number of furan rings is 1. The molecular weight excluding hydrogens is 368 g/mol. The van der Waals surface area contributed by atoms with Crippen molar-refractivity contribution >= 4 is 15.9 Å². The molecule has 1 amide bonds. The highest BCUT2D eigenvalue weighted by molar-refractivity contribution is 7.89. The Labute approximate surface area is 159 Å². The summed E-state index contributed by atoms with van der Waals surface area (Å²) in [5, 5.41) is 0. The van der Waals surface area contributed by atoms with E-state index < -0.39 is 10.0 Å². The van der Waals surface area contributed by atoms with Crippen molar-refractivity contribution in [2.75, 3.05) is 27.2 Å². The third-order valence-electron chi connectivity index (χ3n) is 4.71. The molecule has 0 bridgehead atoms. The molecule has 1 aromatic heterocycles. The van der Waals surface area contributed by atoms with Gasteiger partial charge < -0.3 is 14.1 Å². The fourth-order valence-corrected chi connectivity index (χ4v) is 4.33. The Kier molecular flexibility index (Phi) is 5.86. The largest absolute Gasteiger partial charge is 0.496 e. The maximum Gasteiger partial charge on any atom is 0.257 e. The predicted molar refractivity (Wildman–Crippen MR) is 100 cm³/mol. The van der Waals surface area contributed by atoms with Gasteiger partial charge >= 0.3 is 0 Å². The molecule has 146 valence electrons. The molecular formula is C19H24N2O5S. The van der Waals surface area contributed by atoms with Gasteiger partial charge in [0.05, 0.1) is 30.4 Å². The van der Waals surface area contributed by atoms with Gasteiger partial charge in [-0.1, -0.05) is 0 Å². The van der Waals surface area contributed by atoms with E-state index in [2.05, 4.69) is 0 Å². The fraction of sp³-hybridized carbons (Fsp3) is 0.421. The zero-order valence-corrected chi connectivity index (χ0v) is 16.4. The Morgan fingerprint density at radius 3 is 2.59 bits per heavy atom. The summed E-state index contributed by atoms with van der Waals surface area (Å²) in [6.45, 7) is 1.46. The number of sulfonamides is 1. The van der Waals surface area contributed by atoms with Crippen LogP contribution >= 0.6 is 0 Å². The normalized spacial score (nSPS) is 15.1. The molecule has 3 rings (SSSR count). The van der Waals surface area contributed by atoms with Crippen LogP contribution in [0.2, 0.25) is 0 Å². The van der Waals surface area contributed by atoms with Crippen molar-refractivity contribution in [2.24, 2.45) is 0 Å². The molecule has 0 unspecified atom stereocenters. The van der Waals surface area contributed by atoms with Crippen LogP contribution in [-0.4, -0.2) is 50.8 Å². The van der Waals surface area contributed by atoms with Crippen LogP contribution in [0.4, 0.5) is 0 Å². The number of likely N-dealkylation sites (tertiary alicyclic amines) is 1. The number of carbonyl (C=O) groups excluding carboxylic acids is 1. The Balaban J connectivity index is 1.90. The maximum absolute atomic E-state index is 12.9. The summed E-state index contributed by atoms with van der Waals surface area (Å²) in [6, 6.07) is 7.82. The number of ether oxygens (including phenoxy) is 1. The third kappa shape index (κ3) is 4.17. The van der Waals surface area contributed by atoms with Gasteiger partial charge in [0.15, 0.2) is 0 Å². The number of amides is 1. The van der Waals surface area contributed by atoms with E-state index in [0.717, 1.165) is 19.3 Å². The van der Waals surface area contributed by atoms with Crippen LogP contribution in [0, 0.1) is 0 Å². The van der Waals surface area contributed by atoms with E-state index in [1.807, 2.05) is 0 Å². The van der Waals surface area contributed by atoms with Gasteiger partial charge in [-0.25, -0.2) is 8.42 Å². The predicted octanol–water partition coefficient (Wildman–Crippen LogP) is 2.74. The lowest BCUT2D eigenvalue weighted by atomic mass is 10.1. The van der Waals surface area contributed by atoms with Gasteiger partial charge in [-0.2, -0.15) is 4.31 Å². The fourth-order valence-electron chi connectivity index (χ4n) is 3.17. The lowest BCUT2D eigenvalue weighted by molar-refractivity contribution is 0.0720. The molecule has 1 aliphatic rings. The summed E-state index contributed by atoms with van der Waals surface area (Å²) < 4.78 is 37.6. The molecule has 7 nitrogen and oxygen atoms in total. The monoisotopic (exact) mass is 392 g/mol. The van der Waals surface area contributed by atoms with Crippen molar-refractivity contribution in [1.82, 2.24) is 9.21 Å². The van der Waals surface area contributed by atoms with E-state index >= 15 is 0 Å². The van der Waals surface area contributed by atoms with Crippen LogP contribution < -0.4 is 4.74 Å². The highest BCUT2D eigenvalue weighted by Gasteiger charge is 2.27. The van der Waals surface area contributed by atoms with E-state index in [4.69, 9.17) is 9.15 Å². The number of methoxy groups -OCH3 is 1. The van der Waals surface area contributed by atoms with Crippen molar-refractivity contribution in [3.8, 4) is 5.75 Å². The Morgan fingerprint density at radius 2 is 1.96 bits per heavy atom. The van der Waals surface area contributed by atoms with Gasteiger partial charge in [0, 0.05) is 20.1 Å². The Hall–Kier alpha value is -2.32. The molecule has 0 atom stereocenters. The van der Waals surface area contributed by atoms with Crippen LogP contribution in [0.25, 0.3) is 0 Å².